The minimum Gasteiger partial charge on any atom is -0.384 e. The quantitative estimate of drug-likeness (QED) is 0.713. The Morgan fingerprint density at radius 1 is 1.50 bits per heavy atom. The summed E-state index contributed by atoms with van der Waals surface area (Å²) in [4.78, 5) is 3.97. The summed E-state index contributed by atoms with van der Waals surface area (Å²) in [6.45, 7) is 1.36. The van der Waals surface area contributed by atoms with Gasteiger partial charge in [0, 0.05) is 20.2 Å². The largest absolute Gasteiger partial charge is 0.384 e. The number of hydrogen-bond donors (Lipinski definition) is 0. The molecule has 8 heteroatoms. The Balaban J connectivity index is 2.24. The van der Waals surface area contributed by atoms with E-state index in [-0.39, 0.29) is 12.4 Å². The van der Waals surface area contributed by atoms with Gasteiger partial charge >= 0.3 is 0 Å². The molecule has 1 aromatic rings. The summed E-state index contributed by atoms with van der Waals surface area (Å²) in [5, 5.41) is 3.97. The Morgan fingerprint density at radius 3 is 3.06 bits per heavy atom. The molecular weight excluding hydrogens is 232 g/mol. The monoisotopic (exact) mass is 246 g/mol. The lowest BCUT2D eigenvalue weighted by Gasteiger charge is -2.26. The second kappa shape index (κ2) is 4.38. The van der Waals surface area contributed by atoms with Crippen LogP contribution in [0.1, 0.15) is 6.42 Å². The van der Waals surface area contributed by atoms with Crippen molar-refractivity contribution in [3.05, 3.63) is 6.33 Å². The van der Waals surface area contributed by atoms with Crippen LogP contribution in [0.3, 0.4) is 0 Å². The van der Waals surface area contributed by atoms with Crippen molar-refractivity contribution in [3.63, 3.8) is 0 Å². The Bertz CT molecular complexity index is 456. The van der Waals surface area contributed by atoms with Gasteiger partial charge in [-0.3, -0.25) is 0 Å². The molecule has 1 aliphatic rings. The first-order valence-corrected chi connectivity index (χ1v) is 6.63. The maximum Gasteiger partial charge on any atom is 0.239 e. The molecule has 1 aliphatic heterocycles. The summed E-state index contributed by atoms with van der Waals surface area (Å²) in [5.74, 6) is 0.374. The Hall–Kier alpha value is -1.15. The first kappa shape index (κ1) is 11.3. The second-order valence-corrected chi connectivity index (χ2v) is 5.53. The van der Waals surface area contributed by atoms with Crippen LogP contribution in [-0.4, -0.2) is 49.2 Å². The number of sulfonamides is 1. The first-order valence-electron chi connectivity index (χ1n) is 5.02. The molecule has 16 heavy (non-hydrogen) atoms. The van der Waals surface area contributed by atoms with Crippen LogP contribution in [0.4, 0.5) is 5.95 Å². The SMILES string of the molecule is COCCS(=O)(=O)N1CCCn2ncnc21. The lowest BCUT2D eigenvalue weighted by Crippen LogP contribution is -2.40. The van der Waals surface area contributed by atoms with Crippen molar-refractivity contribution in [1.82, 2.24) is 14.8 Å². The van der Waals surface area contributed by atoms with Gasteiger partial charge < -0.3 is 4.74 Å². The lowest BCUT2D eigenvalue weighted by molar-refractivity contribution is 0.217. The van der Waals surface area contributed by atoms with Crippen LogP contribution in [0, 0.1) is 0 Å². The number of aromatic nitrogens is 3. The summed E-state index contributed by atoms with van der Waals surface area (Å²) in [7, 11) is -1.86. The topological polar surface area (TPSA) is 77.3 Å². The third kappa shape index (κ3) is 2.03. The number of methoxy groups -OCH3 is 1. The zero-order valence-corrected chi connectivity index (χ0v) is 9.85. The van der Waals surface area contributed by atoms with Crippen LogP contribution in [0.5, 0.6) is 0 Å². The number of fused-ring (bicyclic) bond motifs is 1. The van der Waals surface area contributed by atoms with Crippen molar-refractivity contribution >= 4 is 16.0 Å². The third-order valence-electron chi connectivity index (χ3n) is 2.43. The van der Waals surface area contributed by atoms with E-state index in [1.165, 1.54) is 17.7 Å². The molecule has 2 rings (SSSR count). The van der Waals surface area contributed by atoms with E-state index in [4.69, 9.17) is 4.74 Å². The van der Waals surface area contributed by atoms with E-state index in [0.29, 0.717) is 19.0 Å². The summed E-state index contributed by atoms with van der Waals surface area (Å²) >= 11 is 0. The number of hydrogen-bond acceptors (Lipinski definition) is 5. The molecule has 0 atom stereocenters. The average molecular weight is 246 g/mol. The molecule has 90 valence electrons. The van der Waals surface area contributed by atoms with Crippen molar-refractivity contribution in [2.24, 2.45) is 0 Å². The summed E-state index contributed by atoms with van der Waals surface area (Å²) < 4.78 is 31.6. The van der Waals surface area contributed by atoms with Gasteiger partial charge in [0.2, 0.25) is 16.0 Å². The molecule has 0 amide bonds. The van der Waals surface area contributed by atoms with Gasteiger partial charge in [-0.2, -0.15) is 10.1 Å². The molecule has 1 aromatic heterocycles. The van der Waals surface area contributed by atoms with Gasteiger partial charge in [-0.05, 0) is 6.42 Å². The molecule has 2 heterocycles. The Morgan fingerprint density at radius 2 is 2.31 bits per heavy atom. The van der Waals surface area contributed by atoms with Crippen LogP contribution in [0.2, 0.25) is 0 Å². The van der Waals surface area contributed by atoms with Crippen LogP contribution in [0.25, 0.3) is 0 Å². The van der Waals surface area contributed by atoms with Crippen molar-refractivity contribution in [2.75, 3.05) is 30.3 Å². The molecular formula is C8H14N4O3S. The highest BCUT2D eigenvalue weighted by atomic mass is 32.2. The highest BCUT2D eigenvalue weighted by Crippen LogP contribution is 2.20. The fourth-order valence-electron chi connectivity index (χ4n) is 1.64. The van der Waals surface area contributed by atoms with E-state index in [1.807, 2.05) is 0 Å². The number of nitrogens with zero attached hydrogens (tertiary/aromatic N) is 4. The molecule has 0 radical (unpaired) electrons. The van der Waals surface area contributed by atoms with Crippen LogP contribution >= 0.6 is 0 Å². The molecule has 0 unspecified atom stereocenters. The number of rotatable bonds is 4. The van der Waals surface area contributed by atoms with Crippen LogP contribution in [-0.2, 0) is 21.3 Å². The van der Waals surface area contributed by atoms with E-state index in [0.717, 1.165) is 6.42 Å². The minimum absolute atomic E-state index is 0.0314. The van der Waals surface area contributed by atoms with Gasteiger partial charge in [-0.25, -0.2) is 17.4 Å². The Kier molecular flexibility index (Phi) is 3.10. The minimum atomic E-state index is -3.34. The van der Waals surface area contributed by atoms with Crippen LogP contribution < -0.4 is 4.31 Å². The summed E-state index contributed by atoms with van der Waals surface area (Å²) in [6, 6.07) is 0. The van der Waals surface area contributed by atoms with E-state index in [1.54, 1.807) is 4.68 Å². The van der Waals surface area contributed by atoms with Gasteiger partial charge in [-0.15, -0.1) is 0 Å². The molecule has 0 aliphatic carbocycles. The number of aryl methyl sites for hydroxylation is 1. The molecule has 0 aromatic carbocycles. The molecule has 0 fully saturated rings. The predicted octanol–water partition coefficient (Wildman–Crippen LogP) is -0.536. The average Bonchev–Trinajstić information content (AvgIpc) is 2.73. The van der Waals surface area contributed by atoms with E-state index >= 15 is 0 Å². The Labute approximate surface area is 94.1 Å². The van der Waals surface area contributed by atoms with Gasteiger partial charge in [0.1, 0.15) is 6.33 Å². The normalized spacial score (nSPS) is 16.2. The molecule has 7 nitrogen and oxygen atoms in total. The van der Waals surface area contributed by atoms with Gasteiger partial charge in [0.25, 0.3) is 0 Å². The van der Waals surface area contributed by atoms with Crippen LogP contribution in [0.15, 0.2) is 6.33 Å². The maximum absolute atomic E-state index is 12.0. The standard InChI is InChI=1S/C8H14N4O3S/c1-15-5-6-16(13,14)12-4-2-3-11-8(12)9-7-10-11/h7H,2-6H2,1H3. The number of ether oxygens (including phenoxy) is 1. The summed E-state index contributed by atoms with van der Waals surface area (Å²) in [6.07, 6.45) is 2.13. The van der Waals surface area contributed by atoms with Crippen molar-refractivity contribution < 1.29 is 13.2 Å². The zero-order valence-electron chi connectivity index (χ0n) is 9.03. The van der Waals surface area contributed by atoms with Crippen molar-refractivity contribution in [2.45, 2.75) is 13.0 Å². The molecule has 0 N–H and O–H groups in total. The highest BCUT2D eigenvalue weighted by molar-refractivity contribution is 7.92. The lowest BCUT2D eigenvalue weighted by atomic mass is 10.4. The number of anilines is 1. The van der Waals surface area contributed by atoms with Gasteiger partial charge in [0.05, 0.1) is 12.4 Å². The zero-order chi connectivity index (χ0) is 11.6. The molecule has 0 saturated carbocycles. The van der Waals surface area contributed by atoms with Gasteiger partial charge in [0.15, 0.2) is 0 Å². The maximum atomic E-state index is 12.0. The smallest absolute Gasteiger partial charge is 0.239 e. The fourth-order valence-corrected chi connectivity index (χ4v) is 3.03. The summed E-state index contributed by atoms with van der Waals surface area (Å²) in [5.41, 5.74) is 0. The first-order chi connectivity index (χ1) is 7.65. The predicted molar refractivity (Wildman–Crippen MR) is 57.6 cm³/mol. The third-order valence-corrected chi connectivity index (χ3v) is 4.13. The molecule has 0 saturated heterocycles. The van der Waals surface area contributed by atoms with E-state index in [9.17, 15) is 8.42 Å². The van der Waals surface area contributed by atoms with Crippen molar-refractivity contribution in [1.29, 1.82) is 0 Å². The fraction of sp³-hybridized carbons (Fsp3) is 0.750. The van der Waals surface area contributed by atoms with Crippen molar-refractivity contribution in [3.8, 4) is 0 Å². The molecule has 0 spiro atoms. The molecule has 0 bridgehead atoms. The van der Waals surface area contributed by atoms with Gasteiger partial charge in [-0.1, -0.05) is 0 Å². The second-order valence-electron chi connectivity index (χ2n) is 3.52. The van der Waals surface area contributed by atoms with E-state index < -0.39 is 10.0 Å². The van der Waals surface area contributed by atoms with E-state index in [2.05, 4.69) is 10.1 Å². The highest BCUT2D eigenvalue weighted by Gasteiger charge is 2.28.